The molecule has 0 aliphatic heterocycles. The molecule has 4 saturated carbocycles. The van der Waals surface area contributed by atoms with Gasteiger partial charge in [0.1, 0.15) is 12.4 Å². The first-order chi connectivity index (χ1) is 13.3. The summed E-state index contributed by atoms with van der Waals surface area (Å²) in [6.45, 7) is 6.46. The molecule has 0 aromatic heterocycles. The van der Waals surface area contributed by atoms with Crippen LogP contribution in [0.1, 0.15) is 71.6 Å². The van der Waals surface area contributed by atoms with Crippen LogP contribution in [0.2, 0.25) is 0 Å². The molecule has 4 fully saturated rings. The third kappa shape index (κ3) is 3.44. The van der Waals surface area contributed by atoms with Gasteiger partial charge in [-0.05, 0) is 100 Å². The molecule has 0 aromatic rings. The molecule has 0 aromatic carbocycles. The third-order valence-electron chi connectivity index (χ3n) is 9.39. The minimum Gasteiger partial charge on any atom is -0.395 e. The van der Waals surface area contributed by atoms with E-state index in [1.165, 1.54) is 38.5 Å². The number of hydrogen-bond donors (Lipinski definition) is 0. The van der Waals surface area contributed by atoms with Gasteiger partial charge in [0.05, 0.1) is 0 Å². The lowest BCUT2D eigenvalue weighted by Crippen LogP contribution is -2.53. The van der Waals surface area contributed by atoms with Gasteiger partial charge in [-0.1, -0.05) is 19.0 Å². The predicted octanol–water partition coefficient (Wildman–Crippen LogP) is 4.78. The average Bonchev–Trinajstić information content (AvgIpc) is 2.96. The van der Waals surface area contributed by atoms with Crippen LogP contribution in [-0.4, -0.2) is 44.1 Å². The first-order valence-corrected chi connectivity index (χ1v) is 11.7. The summed E-state index contributed by atoms with van der Waals surface area (Å²) in [5.74, 6) is 4.27. The summed E-state index contributed by atoms with van der Waals surface area (Å²) in [5, 5.41) is 4.28. The van der Waals surface area contributed by atoms with Crippen LogP contribution < -0.4 is 0 Å². The molecule has 158 valence electrons. The van der Waals surface area contributed by atoms with Crippen molar-refractivity contribution < 1.29 is 9.63 Å². The van der Waals surface area contributed by atoms with Crippen LogP contribution in [0.15, 0.2) is 5.16 Å². The van der Waals surface area contributed by atoms with Crippen molar-refractivity contribution in [2.24, 2.45) is 45.6 Å². The van der Waals surface area contributed by atoms with Crippen LogP contribution in [-0.2, 0) is 9.63 Å². The first-order valence-electron chi connectivity index (χ1n) is 11.7. The van der Waals surface area contributed by atoms with E-state index in [-0.39, 0.29) is 5.41 Å². The molecule has 4 aliphatic rings. The molecule has 0 radical (unpaired) electrons. The lowest BCUT2D eigenvalue weighted by atomic mass is 9.45. The number of carbonyl (C=O) groups excluding carboxylic acids is 1. The summed E-state index contributed by atoms with van der Waals surface area (Å²) in [4.78, 5) is 20.1. The number of carbonyl (C=O) groups is 1. The Hall–Kier alpha value is -0.900. The Morgan fingerprint density at radius 2 is 1.93 bits per heavy atom. The summed E-state index contributed by atoms with van der Waals surface area (Å²) >= 11 is 0. The second-order valence-electron chi connectivity index (χ2n) is 11.0. The lowest BCUT2D eigenvalue weighted by molar-refractivity contribution is -0.139. The Kier molecular flexibility index (Phi) is 5.63. The first kappa shape index (κ1) is 20.4. The number of oxime groups is 1. The molecular weight excluding hydrogens is 348 g/mol. The van der Waals surface area contributed by atoms with E-state index in [0.717, 1.165) is 43.6 Å². The molecule has 0 spiro atoms. The largest absolute Gasteiger partial charge is 0.395 e. The zero-order valence-corrected chi connectivity index (χ0v) is 18.5. The monoisotopic (exact) mass is 388 g/mol. The van der Waals surface area contributed by atoms with Gasteiger partial charge in [0.15, 0.2) is 0 Å². The molecule has 4 aliphatic carbocycles. The van der Waals surface area contributed by atoms with E-state index in [2.05, 4.69) is 44.2 Å². The van der Waals surface area contributed by atoms with Gasteiger partial charge < -0.3 is 9.74 Å². The highest BCUT2D eigenvalue weighted by atomic mass is 16.6. The molecule has 0 saturated heterocycles. The second kappa shape index (κ2) is 7.74. The standard InChI is InChI=1S/C24H40N2O2/c1-23-11-9-17(16-25-28-14-13-26(3)4)15-18(23)5-6-19-20-7-8-22(27)24(20,2)12-10-21(19)23/h16-21H,5-15H2,1-4H3. The van der Waals surface area contributed by atoms with Gasteiger partial charge in [-0.3, -0.25) is 4.79 Å². The highest BCUT2D eigenvalue weighted by Gasteiger charge is 2.60. The van der Waals surface area contributed by atoms with E-state index >= 15 is 0 Å². The second-order valence-corrected chi connectivity index (χ2v) is 11.0. The Morgan fingerprint density at radius 3 is 2.71 bits per heavy atom. The third-order valence-corrected chi connectivity index (χ3v) is 9.39. The van der Waals surface area contributed by atoms with Crippen LogP contribution in [0.5, 0.6) is 0 Å². The fourth-order valence-corrected chi connectivity index (χ4v) is 7.60. The van der Waals surface area contributed by atoms with Crippen molar-refractivity contribution in [1.29, 1.82) is 0 Å². The van der Waals surface area contributed by atoms with E-state index in [9.17, 15) is 4.79 Å². The summed E-state index contributed by atoms with van der Waals surface area (Å²) in [5.41, 5.74) is 0.490. The number of Topliss-reactive ketones (excluding diaryl/α,β-unsaturated/α-hetero) is 1. The van der Waals surface area contributed by atoms with Crippen LogP contribution in [0.25, 0.3) is 0 Å². The molecule has 0 bridgehead atoms. The maximum atomic E-state index is 12.6. The molecule has 0 heterocycles. The summed E-state index contributed by atoms with van der Waals surface area (Å²) in [6, 6.07) is 0. The van der Waals surface area contributed by atoms with Crippen LogP contribution in [0.3, 0.4) is 0 Å². The van der Waals surface area contributed by atoms with Gasteiger partial charge in [-0.25, -0.2) is 0 Å². The van der Waals surface area contributed by atoms with E-state index < -0.39 is 0 Å². The van der Waals surface area contributed by atoms with Crippen molar-refractivity contribution in [1.82, 2.24) is 4.90 Å². The van der Waals surface area contributed by atoms with E-state index in [0.29, 0.717) is 29.6 Å². The van der Waals surface area contributed by atoms with Crippen molar-refractivity contribution >= 4 is 12.0 Å². The molecule has 7 atom stereocenters. The van der Waals surface area contributed by atoms with Gasteiger partial charge in [0.25, 0.3) is 0 Å². The van der Waals surface area contributed by atoms with Crippen molar-refractivity contribution in [3.8, 4) is 0 Å². The Balaban J connectivity index is 1.38. The van der Waals surface area contributed by atoms with Crippen LogP contribution in [0, 0.1) is 40.4 Å². The van der Waals surface area contributed by atoms with Crippen molar-refractivity contribution in [2.45, 2.75) is 71.6 Å². The van der Waals surface area contributed by atoms with Gasteiger partial charge >= 0.3 is 0 Å². The number of nitrogens with zero attached hydrogens (tertiary/aromatic N) is 2. The topological polar surface area (TPSA) is 41.9 Å². The predicted molar refractivity (Wildman–Crippen MR) is 113 cm³/mol. The molecule has 4 rings (SSSR count). The van der Waals surface area contributed by atoms with Crippen molar-refractivity contribution in [3.05, 3.63) is 0 Å². The molecule has 7 unspecified atom stereocenters. The van der Waals surface area contributed by atoms with Gasteiger partial charge in [0.2, 0.25) is 0 Å². The Bertz CT molecular complexity index is 618. The summed E-state index contributed by atoms with van der Waals surface area (Å²) < 4.78 is 0. The number of fused-ring (bicyclic) bond motifs is 5. The molecule has 28 heavy (non-hydrogen) atoms. The zero-order valence-electron chi connectivity index (χ0n) is 18.5. The number of ketones is 1. The summed E-state index contributed by atoms with van der Waals surface area (Å²) in [7, 11) is 4.11. The zero-order chi connectivity index (χ0) is 19.9. The van der Waals surface area contributed by atoms with Crippen molar-refractivity contribution in [3.63, 3.8) is 0 Å². The SMILES string of the molecule is CN(C)CCON=CC1CCC2(C)C(CCC3C4CCC(=O)C4(C)CCC32)C1. The van der Waals surface area contributed by atoms with E-state index in [4.69, 9.17) is 4.84 Å². The van der Waals surface area contributed by atoms with Crippen molar-refractivity contribution in [2.75, 3.05) is 27.2 Å². The average molecular weight is 389 g/mol. The maximum absolute atomic E-state index is 12.6. The Morgan fingerprint density at radius 1 is 1.11 bits per heavy atom. The number of hydrogen-bond acceptors (Lipinski definition) is 4. The van der Waals surface area contributed by atoms with Gasteiger partial charge in [0, 0.05) is 24.6 Å². The van der Waals surface area contributed by atoms with Gasteiger partial charge in [-0.15, -0.1) is 0 Å². The van der Waals surface area contributed by atoms with Gasteiger partial charge in [-0.2, -0.15) is 0 Å². The highest BCUT2D eigenvalue weighted by molar-refractivity contribution is 5.87. The summed E-state index contributed by atoms with van der Waals surface area (Å²) in [6.07, 6.45) is 13.1. The minimum absolute atomic E-state index is 0.0120. The quantitative estimate of drug-likeness (QED) is 0.387. The molecule has 0 amide bonds. The van der Waals surface area contributed by atoms with E-state index in [1.54, 1.807) is 0 Å². The lowest BCUT2D eigenvalue weighted by Gasteiger charge is -2.60. The molecular formula is C24H40N2O2. The fraction of sp³-hybridized carbons (Fsp3) is 0.917. The van der Waals surface area contributed by atoms with Crippen LogP contribution >= 0.6 is 0 Å². The fourth-order valence-electron chi connectivity index (χ4n) is 7.60. The minimum atomic E-state index is 0.0120. The molecule has 4 heteroatoms. The smallest absolute Gasteiger partial charge is 0.139 e. The van der Waals surface area contributed by atoms with Crippen LogP contribution in [0.4, 0.5) is 0 Å². The Labute approximate surface area is 171 Å². The molecule has 0 N–H and O–H groups in total. The maximum Gasteiger partial charge on any atom is 0.139 e. The number of rotatable bonds is 5. The van der Waals surface area contributed by atoms with E-state index in [1.807, 2.05) is 0 Å². The molecule has 4 nitrogen and oxygen atoms in total. The number of likely N-dealkylation sites (N-methyl/N-ethyl adjacent to an activating group) is 1. The normalized spacial score (nSPS) is 45.8. The highest BCUT2D eigenvalue weighted by Crippen LogP contribution is 2.65.